The average molecular weight is 356 g/mol. The maximum absolute atomic E-state index is 9.63. The molecular weight excluding hydrogens is 335 g/mol. The molecule has 1 unspecified atom stereocenters. The molecule has 0 N–H and O–H groups in total. The van der Waals surface area contributed by atoms with Gasteiger partial charge in [0.05, 0.1) is 38.7 Å². The molecule has 1 fully saturated rings. The zero-order chi connectivity index (χ0) is 12.4. The van der Waals surface area contributed by atoms with Gasteiger partial charge in [0.1, 0.15) is 0 Å². The molecule has 0 saturated carbocycles. The van der Waals surface area contributed by atoms with Crippen LogP contribution in [-0.2, 0) is 5.41 Å². The van der Waals surface area contributed by atoms with E-state index in [-0.39, 0.29) is 29.4 Å². The van der Waals surface area contributed by atoms with Crippen molar-refractivity contribution >= 4 is 0 Å². The van der Waals surface area contributed by atoms with Crippen molar-refractivity contribution in [2.75, 3.05) is 27.2 Å². The zero-order valence-electron chi connectivity index (χ0n) is 11.2. The van der Waals surface area contributed by atoms with Crippen molar-refractivity contribution in [3.8, 4) is 6.07 Å². The van der Waals surface area contributed by atoms with Crippen LogP contribution in [0.4, 0.5) is 0 Å². The molecule has 1 aromatic rings. The van der Waals surface area contributed by atoms with E-state index in [1.165, 1.54) is 12.1 Å². The SMILES string of the molecule is C[N+]1(C)CCCC(C#N)(c2ccccc2)CC1.[I-]. The molecule has 1 aromatic carbocycles. The molecule has 1 aliphatic heterocycles. The van der Waals surface area contributed by atoms with Gasteiger partial charge in [0.15, 0.2) is 0 Å². The summed E-state index contributed by atoms with van der Waals surface area (Å²) in [5.74, 6) is 0. The monoisotopic (exact) mass is 356 g/mol. The fraction of sp³-hybridized carbons (Fsp3) is 0.533. The topological polar surface area (TPSA) is 23.8 Å². The third kappa shape index (κ3) is 3.24. The summed E-state index contributed by atoms with van der Waals surface area (Å²) in [6.45, 7) is 2.26. The second kappa shape index (κ2) is 6.03. The van der Waals surface area contributed by atoms with Crippen LogP contribution in [0.5, 0.6) is 0 Å². The normalized spacial score (nSPS) is 26.5. The Morgan fingerprint density at radius 1 is 1.11 bits per heavy atom. The van der Waals surface area contributed by atoms with E-state index in [0.717, 1.165) is 30.3 Å². The molecular formula is C15H21IN2. The minimum Gasteiger partial charge on any atom is -1.00 e. The van der Waals surface area contributed by atoms with Crippen molar-refractivity contribution < 1.29 is 28.5 Å². The highest BCUT2D eigenvalue weighted by molar-refractivity contribution is 5.32. The molecule has 0 spiro atoms. The summed E-state index contributed by atoms with van der Waals surface area (Å²) in [6.07, 6.45) is 3.10. The number of hydrogen-bond acceptors (Lipinski definition) is 1. The Kier molecular flexibility index (Phi) is 5.18. The lowest BCUT2D eigenvalue weighted by atomic mass is 9.76. The van der Waals surface area contributed by atoms with Gasteiger partial charge in [-0.05, 0) is 18.4 Å². The molecule has 1 heterocycles. The quantitative estimate of drug-likeness (QED) is 0.501. The van der Waals surface area contributed by atoms with Gasteiger partial charge in [-0.3, -0.25) is 0 Å². The fourth-order valence-corrected chi connectivity index (χ4v) is 2.76. The largest absolute Gasteiger partial charge is 1.00 e. The van der Waals surface area contributed by atoms with Crippen LogP contribution in [0.25, 0.3) is 0 Å². The number of benzene rings is 1. The highest BCUT2D eigenvalue weighted by atomic mass is 127. The molecule has 1 saturated heterocycles. The first-order valence-electron chi connectivity index (χ1n) is 6.37. The summed E-state index contributed by atoms with van der Waals surface area (Å²) in [4.78, 5) is 0. The lowest BCUT2D eigenvalue weighted by Crippen LogP contribution is -3.00. The van der Waals surface area contributed by atoms with Gasteiger partial charge in [-0.1, -0.05) is 30.3 Å². The Morgan fingerprint density at radius 2 is 1.78 bits per heavy atom. The van der Waals surface area contributed by atoms with Crippen LogP contribution in [0.15, 0.2) is 30.3 Å². The van der Waals surface area contributed by atoms with Crippen molar-refractivity contribution in [1.82, 2.24) is 0 Å². The van der Waals surface area contributed by atoms with E-state index in [4.69, 9.17) is 0 Å². The highest BCUT2D eigenvalue weighted by Gasteiger charge is 2.37. The van der Waals surface area contributed by atoms with Crippen LogP contribution in [-0.4, -0.2) is 31.7 Å². The van der Waals surface area contributed by atoms with Gasteiger partial charge in [-0.25, -0.2) is 0 Å². The molecule has 0 radical (unpaired) electrons. The number of halogens is 1. The van der Waals surface area contributed by atoms with Gasteiger partial charge >= 0.3 is 0 Å². The molecule has 0 aliphatic carbocycles. The van der Waals surface area contributed by atoms with Crippen molar-refractivity contribution in [3.63, 3.8) is 0 Å². The minimum absolute atomic E-state index is 0. The standard InChI is InChI=1S/C15H21N2.HI/c1-17(2)11-6-9-15(13-16,10-12-17)14-7-4-3-5-8-14;/h3-5,7-8H,6,9-12H2,1-2H3;1H/q+1;/p-1. The number of rotatable bonds is 1. The van der Waals surface area contributed by atoms with E-state index in [1.54, 1.807) is 0 Å². The second-order valence-corrected chi connectivity index (χ2v) is 5.80. The molecule has 1 atom stereocenters. The molecule has 98 valence electrons. The smallest absolute Gasteiger partial charge is 0.0877 e. The minimum atomic E-state index is -0.257. The Balaban J connectivity index is 0.00000162. The Morgan fingerprint density at radius 3 is 2.39 bits per heavy atom. The van der Waals surface area contributed by atoms with E-state index >= 15 is 0 Å². The Hall–Kier alpha value is -0.600. The number of quaternary nitrogens is 1. The van der Waals surface area contributed by atoms with Crippen LogP contribution in [0, 0.1) is 11.3 Å². The first-order valence-corrected chi connectivity index (χ1v) is 6.37. The Labute approximate surface area is 127 Å². The van der Waals surface area contributed by atoms with E-state index in [2.05, 4.69) is 32.3 Å². The molecule has 0 bridgehead atoms. The van der Waals surface area contributed by atoms with Crippen LogP contribution < -0.4 is 24.0 Å². The van der Waals surface area contributed by atoms with E-state index < -0.39 is 0 Å². The van der Waals surface area contributed by atoms with Gasteiger partial charge < -0.3 is 28.5 Å². The van der Waals surface area contributed by atoms with Gasteiger partial charge in [0.2, 0.25) is 0 Å². The van der Waals surface area contributed by atoms with E-state index in [0.29, 0.717) is 0 Å². The maximum atomic E-state index is 9.63. The van der Waals surface area contributed by atoms with Crippen LogP contribution in [0.3, 0.4) is 0 Å². The number of nitriles is 1. The molecule has 1 aliphatic rings. The number of nitrogens with zero attached hydrogens (tertiary/aromatic N) is 2. The van der Waals surface area contributed by atoms with E-state index in [9.17, 15) is 5.26 Å². The van der Waals surface area contributed by atoms with Crippen LogP contribution in [0.2, 0.25) is 0 Å². The summed E-state index contributed by atoms with van der Waals surface area (Å²) >= 11 is 0. The molecule has 3 heteroatoms. The summed E-state index contributed by atoms with van der Waals surface area (Å²) in [5, 5.41) is 9.63. The van der Waals surface area contributed by atoms with Crippen molar-refractivity contribution in [2.45, 2.75) is 24.7 Å². The zero-order valence-corrected chi connectivity index (χ0v) is 13.4. The van der Waals surface area contributed by atoms with Crippen LogP contribution >= 0.6 is 0 Å². The van der Waals surface area contributed by atoms with Crippen molar-refractivity contribution in [3.05, 3.63) is 35.9 Å². The number of hydrogen-bond donors (Lipinski definition) is 0. The maximum Gasteiger partial charge on any atom is 0.0877 e. The first-order chi connectivity index (χ1) is 8.08. The van der Waals surface area contributed by atoms with Gasteiger partial charge in [-0.15, -0.1) is 0 Å². The lowest BCUT2D eigenvalue weighted by molar-refractivity contribution is -0.889. The first kappa shape index (κ1) is 15.5. The molecule has 2 nitrogen and oxygen atoms in total. The predicted octanol–water partition coefficient (Wildman–Crippen LogP) is -0.288. The molecule has 2 rings (SSSR count). The van der Waals surface area contributed by atoms with Gasteiger partial charge in [0.25, 0.3) is 0 Å². The number of likely N-dealkylation sites (tertiary alicyclic amines) is 1. The average Bonchev–Trinajstić information content (AvgIpc) is 2.50. The summed E-state index contributed by atoms with van der Waals surface area (Å²) in [6, 6.07) is 12.9. The van der Waals surface area contributed by atoms with Crippen molar-refractivity contribution in [2.24, 2.45) is 0 Å². The summed E-state index contributed by atoms with van der Waals surface area (Å²) < 4.78 is 1.04. The molecule has 0 amide bonds. The fourth-order valence-electron chi connectivity index (χ4n) is 2.76. The summed E-state index contributed by atoms with van der Waals surface area (Å²) in [5.41, 5.74) is 0.942. The predicted molar refractivity (Wildman–Crippen MR) is 69.4 cm³/mol. The van der Waals surface area contributed by atoms with Crippen molar-refractivity contribution in [1.29, 1.82) is 5.26 Å². The third-order valence-electron chi connectivity index (χ3n) is 4.05. The summed E-state index contributed by atoms with van der Waals surface area (Å²) in [7, 11) is 4.52. The molecule has 0 aromatic heterocycles. The lowest BCUT2D eigenvalue weighted by Gasteiger charge is -2.29. The Bertz CT molecular complexity index is 422. The highest BCUT2D eigenvalue weighted by Crippen LogP contribution is 2.35. The van der Waals surface area contributed by atoms with Gasteiger partial charge in [0, 0.05) is 6.42 Å². The molecule has 18 heavy (non-hydrogen) atoms. The third-order valence-corrected chi connectivity index (χ3v) is 4.05. The van der Waals surface area contributed by atoms with Gasteiger partial charge in [-0.2, -0.15) is 5.26 Å². The second-order valence-electron chi connectivity index (χ2n) is 5.80. The van der Waals surface area contributed by atoms with E-state index in [1.807, 2.05) is 18.2 Å². The van der Waals surface area contributed by atoms with Crippen LogP contribution in [0.1, 0.15) is 24.8 Å².